The SMILES string of the molecule is COc1ccc(N2CCCN(C(=O)c3cnc(SC)n3-c3ccccc3)CC2)cc1. The average Bonchev–Trinajstić information content (AvgIpc) is 3.08. The van der Waals surface area contributed by atoms with Crippen molar-refractivity contribution >= 4 is 23.4 Å². The molecule has 7 heteroatoms. The number of carbonyl (C=O) groups excluding carboxylic acids is 1. The van der Waals surface area contributed by atoms with Gasteiger partial charge in [-0.3, -0.25) is 9.36 Å². The monoisotopic (exact) mass is 422 g/mol. The van der Waals surface area contributed by atoms with Gasteiger partial charge in [0.25, 0.3) is 5.91 Å². The van der Waals surface area contributed by atoms with Crippen molar-refractivity contribution < 1.29 is 9.53 Å². The molecule has 2 heterocycles. The van der Waals surface area contributed by atoms with E-state index in [0.29, 0.717) is 12.2 Å². The van der Waals surface area contributed by atoms with Gasteiger partial charge in [0.05, 0.1) is 13.3 Å². The van der Waals surface area contributed by atoms with Crippen LogP contribution in [0.1, 0.15) is 16.9 Å². The number of thioether (sulfide) groups is 1. The standard InChI is InChI=1S/C23H26N4O2S/c1-29-20-11-9-18(10-12-20)25-13-6-14-26(16-15-25)22(28)21-17-24-23(30-2)27(21)19-7-4-3-5-8-19/h3-5,7-12,17H,6,13-16H2,1-2H3. The minimum absolute atomic E-state index is 0.0308. The molecule has 30 heavy (non-hydrogen) atoms. The third kappa shape index (κ3) is 4.16. The summed E-state index contributed by atoms with van der Waals surface area (Å²) in [5.74, 6) is 0.882. The highest BCUT2D eigenvalue weighted by Crippen LogP contribution is 2.24. The number of rotatable bonds is 5. The van der Waals surface area contributed by atoms with Gasteiger partial charge < -0.3 is 14.5 Å². The molecule has 1 aliphatic rings. The molecule has 0 aliphatic carbocycles. The molecule has 0 N–H and O–H groups in total. The van der Waals surface area contributed by atoms with Crippen LogP contribution < -0.4 is 9.64 Å². The van der Waals surface area contributed by atoms with E-state index < -0.39 is 0 Å². The fourth-order valence-corrected chi connectivity index (χ4v) is 4.33. The van der Waals surface area contributed by atoms with Gasteiger partial charge in [-0.25, -0.2) is 4.98 Å². The van der Waals surface area contributed by atoms with E-state index in [0.717, 1.165) is 48.3 Å². The van der Waals surface area contributed by atoms with Gasteiger partial charge in [0.2, 0.25) is 0 Å². The van der Waals surface area contributed by atoms with Crippen molar-refractivity contribution in [3.63, 3.8) is 0 Å². The normalized spacial score (nSPS) is 14.5. The number of hydrogen-bond acceptors (Lipinski definition) is 5. The van der Waals surface area contributed by atoms with Crippen molar-refractivity contribution in [1.82, 2.24) is 14.5 Å². The molecule has 1 aromatic heterocycles. The van der Waals surface area contributed by atoms with E-state index in [1.165, 1.54) is 0 Å². The summed E-state index contributed by atoms with van der Waals surface area (Å²) in [5.41, 5.74) is 2.73. The van der Waals surface area contributed by atoms with Crippen molar-refractivity contribution in [2.75, 3.05) is 44.4 Å². The number of para-hydroxylation sites is 1. The molecule has 3 aromatic rings. The van der Waals surface area contributed by atoms with E-state index in [1.54, 1.807) is 25.1 Å². The highest BCUT2D eigenvalue weighted by Gasteiger charge is 2.25. The van der Waals surface area contributed by atoms with Crippen LogP contribution in [0.3, 0.4) is 0 Å². The van der Waals surface area contributed by atoms with Crippen LogP contribution in [0, 0.1) is 0 Å². The van der Waals surface area contributed by atoms with Gasteiger partial charge in [0, 0.05) is 37.6 Å². The molecule has 1 fully saturated rings. The average molecular weight is 423 g/mol. The third-order valence-corrected chi connectivity index (χ3v) is 6.02. The second-order valence-electron chi connectivity index (χ2n) is 7.13. The molecular weight excluding hydrogens is 396 g/mol. The summed E-state index contributed by atoms with van der Waals surface area (Å²) in [6, 6.07) is 18.0. The predicted octanol–water partition coefficient (Wildman–Crippen LogP) is 3.96. The Bertz CT molecular complexity index is 988. The summed E-state index contributed by atoms with van der Waals surface area (Å²) < 4.78 is 7.21. The van der Waals surface area contributed by atoms with Crippen molar-refractivity contribution in [3.8, 4) is 11.4 Å². The van der Waals surface area contributed by atoms with E-state index in [9.17, 15) is 4.79 Å². The smallest absolute Gasteiger partial charge is 0.272 e. The van der Waals surface area contributed by atoms with E-state index in [1.807, 2.05) is 58.2 Å². The number of nitrogens with zero attached hydrogens (tertiary/aromatic N) is 4. The van der Waals surface area contributed by atoms with Crippen molar-refractivity contribution in [2.45, 2.75) is 11.6 Å². The maximum atomic E-state index is 13.4. The lowest BCUT2D eigenvalue weighted by Crippen LogP contribution is -2.36. The Labute approximate surface area is 181 Å². The molecule has 1 saturated heterocycles. The minimum atomic E-state index is 0.0308. The first-order valence-corrected chi connectivity index (χ1v) is 11.3. The van der Waals surface area contributed by atoms with E-state index in [-0.39, 0.29) is 5.91 Å². The summed E-state index contributed by atoms with van der Waals surface area (Å²) in [7, 11) is 1.67. The molecule has 0 unspecified atom stereocenters. The van der Waals surface area contributed by atoms with Crippen LogP contribution in [0.25, 0.3) is 5.69 Å². The molecule has 2 aromatic carbocycles. The first kappa shape index (κ1) is 20.3. The summed E-state index contributed by atoms with van der Waals surface area (Å²) >= 11 is 1.54. The molecule has 0 saturated carbocycles. The number of anilines is 1. The highest BCUT2D eigenvalue weighted by molar-refractivity contribution is 7.98. The van der Waals surface area contributed by atoms with Crippen molar-refractivity contribution in [3.05, 3.63) is 66.5 Å². The Morgan fingerprint density at radius 1 is 0.967 bits per heavy atom. The molecule has 0 atom stereocenters. The highest BCUT2D eigenvalue weighted by atomic mass is 32.2. The van der Waals surface area contributed by atoms with Crippen LogP contribution in [-0.4, -0.2) is 59.9 Å². The number of hydrogen-bond donors (Lipinski definition) is 0. The number of aromatic nitrogens is 2. The van der Waals surface area contributed by atoms with Gasteiger partial charge in [0.15, 0.2) is 5.16 Å². The molecule has 1 aliphatic heterocycles. The number of imidazole rings is 1. The Morgan fingerprint density at radius 3 is 2.43 bits per heavy atom. The molecular formula is C23H26N4O2S. The topological polar surface area (TPSA) is 50.6 Å². The Morgan fingerprint density at radius 2 is 1.73 bits per heavy atom. The number of ether oxygens (including phenoxy) is 1. The lowest BCUT2D eigenvalue weighted by Gasteiger charge is -2.24. The molecule has 1 amide bonds. The molecule has 0 spiro atoms. The fraction of sp³-hybridized carbons (Fsp3) is 0.304. The molecule has 6 nitrogen and oxygen atoms in total. The van der Waals surface area contributed by atoms with Crippen LogP contribution in [0.2, 0.25) is 0 Å². The number of methoxy groups -OCH3 is 1. The number of benzene rings is 2. The number of carbonyl (C=O) groups is 1. The van der Waals surface area contributed by atoms with Gasteiger partial charge in [-0.15, -0.1) is 0 Å². The summed E-state index contributed by atoms with van der Waals surface area (Å²) in [6.45, 7) is 3.14. The summed E-state index contributed by atoms with van der Waals surface area (Å²) in [5, 5.41) is 0.819. The maximum absolute atomic E-state index is 13.4. The van der Waals surface area contributed by atoms with E-state index in [2.05, 4.69) is 22.0 Å². The lowest BCUT2D eigenvalue weighted by molar-refractivity contribution is 0.0758. The predicted molar refractivity (Wildman–Crippen MR) is 121 cm³/mol. The van der Waals surface area contributed by atoms with E-state index >= 15 is 0 Å². The zero-order valence-electron chi connectivity index (χ0n) is 17.3. The van der Waals surface area contributed by atoms with Crippen LogP contribution in [0.4, 0.5) is 5.69 Å². The lowest BCUT2D eigenvalue weighted by atomic mass is 10.2. The van der Waals surface area contributed by atoms with E-state index in [4.69, 9.17) is 4.74 Å². The Hall–Kier alpha value is -2.93. The second kappa shape index (κ2) is 9.26. The van der Waals surface area contributed by atoms with Crippen molar-refractivity contribution in [2.24, 2.45) is 0 Å². The van der Waals surface area contributed by atoms with Crippen molar-refractivity contribution in [1.29, 1.82) is 0 Å². The summed E-state index contributed by atoms with van der Waals surface area (Å²) in [4.78, 5) is 22.2. The van der Waals surface area contributed by atoms with Gasteiger partial charge in [-0.2, -0.15) is 0 Å². The van der Waals surface area contributed by atoms with Gasteiger partial charge >= 0.3 is 0 Å². The zero-order chi connectivity index (χ0) is 20.9. The third-order valence-electron chi connectivity index (χ3n) is 5.37. The van der Waals surface area contributed by atoms with Gasteiger partial charge in [-0.05, 0) is 49.1 Å². The van der Waals surface area contributed by atoms with Crippen LogP contribution in [0.5, 0.6) is 5.75 Å². The van der Waals surface area contributed by atoms with Crippen LogP contribution in [0.15, 0.2) is 66.0 Å². The quantitative estimate of drug-likeness (QED) is 0.583. The van der Waals surface area contributed by atoms with Gasteiger partial charge in [0.1, 0.15) is 11.4 Å². The maximum Gasteiger partial charge on any atom is 0.272 e. The molecule has 156 valence electrons. The fourth-order valence-electron chi connectivity index (χ4n) is 3.79. The number of amides is 1. The first-order chi connectivity index (χ1) is 14.7. The largest absolute Gasteiger partial charge is 0.497 e. The Kier molecular flexibility index (Phi) is 6.28. The molecule has 0 bridgehead atoms. The molecule has 4 rings (SSSR count). The minimum Gasteiger partial charge on any atom is -0.497 e. The summed E-state index contributed by atoms with van der Waals surface area (Å²) in [6.07, 6.45) is 4.61. The van der Waals surface area contributed by atoms with Gasteiger partial charge in [-0.1, -0.05) is 30.0 Å². The van der Waals surface area contributed by atoms with Crippen LogP contribution >= 0.6 is 11.8 Å². The second-order valence-corrected chi connectivity index (χ2v) is 7.91. The van der Waals surface area contributed by atoms with Crippen LogP contribution in [-0.2, 0) is 0 Å². The zero-order valence-corrected chi connectivity index (χ0v) is 18.1. The first-order valence-electron chi connectivity index (χ1n) is 10.1. The molecule has 0 radical (unpaired) electrons. The Balaban J connectivity index is 1.53.